The van der Waals surface area contributed by atoms with Gasteiger partial charge in [0.25, 0.3) is 0 Å². The first-order chi connectivity index (χ1) is 8.44. The molecule has 0 amide bonds. The first kappa shape index (κ1) is 13.4. The van der Waals surface area contributed by atoms with Crippen molar-refractivity contribution in [3.63, 3.8) is 0 Å². The lowest BCUT2D eigenvalue weighted by Gasteiger charge is -2.21. The fourth-order valence-electron chi connectivity index (χ4n) is 1.74. The molecule has 1 aliphatic heterocycles. The van der Waals surface area contributed by atoms with Crippen LogP contribution in [0.25, 0.3) is 0 Å². The van der Waals surface area contributed by atoms with E-state index in [1.54, 1.807) is 0 Å². The maximum Gasteiger partial charge on any atom is 0.231 e. The van der Waals surface area contributed by atoms with E-state index in [0.717, 1.165) is 17.9 Å². The summed E-state index contributed by atoms with van der Waals surface area (Å²) in [5.41, 5.74) is 4.35. The minimum Gasteiger partial charge on any atom is -0.454 e. The first-order valence-corrected chi connectivity index (χ1v) is 9.67. The predicted octanol–water partition coefficient (Wildman–Crippen LogP) is 2.70. The second-order valence-corrected chi connectivity index (χ2v) is 10.1. The molecular formula is C13H21NO3Si. The van der Waals surface area contributed by atoms with E-state index < -0.39 is 8.32 Å². The van der Waals surface area contributed by atoms with Crippen LogP contribution in [0.3, 0.4) is 0 Å². The second-order valence-electron chi connectivity index (χ2n) is 5.63. The van der Waals surface area contributed by atoms with E-state index in [0.29, 0.717) is 6.79 Å². The molecule has 0 aliphatic carbocycles. The molecule has 4 nitrogen and oxygen atoms in total. The maximum absolute atomic E-state index is 5.69. The van der Waals surface area contributed by atoms with E-state index in [2.05, 4.69) is 38.1 Å². The van der Waals surface area contributed by atoms with Crippen LogP contribution in [0.2, 0.25) is 19.6 Å². The molecule has 1 unspecified atom stereocenters. The zero-order valence-corrected chi connectivity index (χ0v) is 12.4. The molecule has 1 atom stereocenters. The third-order valence-corrected chi connectivity index (χ3v) is 3.28. The topological polar surface area (TPSA) is 39.7 Å². The van der Waals surface area contributed by atoms with E-state index in [9.17, 15) is 0 Å². The van der Waals surface area contributed by atoms with Gasteiger partial charge in [-0.2, -0.15) is 0 Å². The highest BCUT2D eigenvalue weighted by Gasteiger charge is 2.17. The van der Waals surface area contributed by atoms with E-state index in [1.165, 1.54) is 5.56 Å². The van der Waals surface area contributed by atoms with Crippen molar-refractivity contribution in [3.8, 4) is 11.5 Å². The van der Waals surface area contributed by atoms with Gasteiger partial charge >= 0.3 is 0 Å². The molecular weight excluding hydrogens is 246 g/mol. The second kappa shape index (κ2) is 5.30. The minimum absolute atomic E-state index is 0.275. The van der Waals surface area contributed by atoms with Crippen molar-refractivity contribution < 1.29 is 14.0 Å². The highest BCUT2D eigenvalue weighted by Crippen LogP contribution is 2.32. The molecule has 1 aromatic carbocycles. The number of ether oxygens (including phenoxy) is 2. The zero-order valence-electron chi connectivity index (χ0n) is 11.4. The number of hydrogen-bond donors (Lipinski definition) is 1. The molecule has 100 valence electrons. The fourth-order valence-corrected chi connectivity index (χ4v) is 2.30. The van der Waals surface area contributed by atoms with Gasteiger partial charge in [0, 0.05) is 6.04 Å². The number of rotatable bonds is 5. The average Bonchev–Trinajstić information content (AvgIpc) is 2.72. The Bertz CT molecular complexity index is 417. The summed E-state index contributed by atoms with van der Waals surface area (Å²) in [7, 11) is -1.51. The van der Waals surface area contributed by atoms with Crippen LogP contribution >= 0.6 is 0 Å². The van der Waals surface area contributed by atoms with Crippen LogP contribution in [-0.4, -0.2) is 21.2 Å². The Balaban J connectivity index is 1.89. The van der Waals surface area contributed by atoms with Gasteiger partial charge in [-0.15, -0.1) is 0 Å². The summed E-state index contributed by atoms with van der Waals surface area (Å²) in [5, 5.41) is 0. The van der Waals surface area contributed by atoms with Gasteiger partial charge in [-0.05, 0) is 50.7 Å². The zero-order chi connectivity index (χ0) is 13.2. The average molecular weight is 267 g/mol. The number of benzene rings is 1. The number of nitrogens with one attached hydrogen (secondary N) is 1. The van der Waals surface area contributed by atoms with Crippen LogP contribution in [0, 0.1) is 0 Å². The van der Waals surface area contributed by atoms with Gasteiger partial charge < -0.3 is 14.0 Å². The number of hydroxylamine groups is 1. The van der Waals surface area contributed by atoms with Gasteiger partial charge in [-0.3, -0.25) is 0 Å². The molecule has 1 aliphatic rings. The largest absolute Gasteiger partial charge is 0.454 e. The summed E-state index contributed by atoms with van der Waals surface area (Å²) in [6.45, 7) is 8.92. The van der Waals surface area contributed by atoms with Crippen LogP contribution in [0.4, 0.5) is 0 Å². The third-order valence-electron chi connectivity index (χ3n) is 2.55. The monoisotopic (exact) mass is 267 g/mol. The van der Waals surface area contributed by atoms with Gasteiger partial charge in [0.2, 0.25) is 15.1 Å². The molecule has 18 heavy (non-hydrogen) atoms. The van der Waals surface area contributed by atoms with Crippen LogP contribution in [0.1, 0.15) is 12.5 Å². The van der Waals surface area contributed by atoms with E-state index in [4.69, 9.17) is 14.0 Å². The number of fused-ring (bicyclic) bond motifs is 1. The first-order valence-electron chi connectivity index (χ1n) is 6.26. The summed E-state index contributed by atoms with van der Waals surface area (Å²) < 4.78 is 16.4. The van der Waals surface area contributed by atoms with Crippen molar-refractivity contribution in [3.05, 3.63) is 23.8 Å². The van der Waals surface area contributed by atoms with E-state index in [-0.39, 0.29) is 6.04 Å². The van der Waals surface area contributed by atoms with Crippen LogP contribution in [0.15, 0.2) is 18.2 Å². The Morgan fingerprint density at radius 2 is 2.00 bits per heavy atom. The molecule has 0 radical (unpaired) electrons. The normalized spacial score (nSPS) is 15.8. The molecule has 0 bridgehead atoms. The van der Waals surface area contributed by atoms with Gasteiger partial charge in [-0.1, -0.05) is 6.07 Å². The highest BCUT2D eigenvalue weighted by atomic mass is 28.4. The summed E-state index contributed by atoms with van der Waals surface area (Å²) in [4.78, 5) is 0. The molecule has 0 spiro atoms. The van der Waals surface area contributed by atoms with Gasteiger partial charge in [-0.25, -0.2) is 5.48 Å². The van der Waals surface area contributed by atoms with E-state index in [1.807, 2.05) is 12.1 Å². The lowest BCUT2D eigenvalue weighted by Crippen LogP contribution is -2.39. The molecule has 0 saturated heterocycles. The lowest BCUT2D eigenvalue weighted by atomic mass is 10.1. The molecule has 1 aromatic rings. The molecule has 2 rings (SSSR count). The molecule has 0 saturated carbocycles. The fraction of sp³-hybridized carbons (Fsp3) is 0.538. The molecule has 0 aromatic heterocycles. The number of hydrogen-bond acceptors (Lipinski definition) is 4. The Hall–Kier alpha value is -1.04. The quantitative estimate of drug-likeness (QED) is 0.658. The van der Waals surface area contributed by atoms with Crippen molar-refractivity contribution in [1.82, 2.24) is 5.48 Å². The minimum atomic E-state index is -1.51. The summed E-state index contributed by atoms with van der Waals surface area (Å²) in [6.07, 6.45) is 0.904. The van der Waals surface area contributed by atoms with Gasteiger partial charge in [0.15, 0.2) is 11.5 Å². The summed E-state index contributed by atoms with van der Waals surface area (Å²) in [6, 6.07) is 6.34. The van der Waals surface area contributed by atoms with Crippen LogP contribution in [-0.2, 0) is 10.9 Å². The van der Waals surface area contributed by atoms with Crippen molar-refractivity contribution >= 4 is 8.32 Å². The van der Waals surface area contributed by atoms with E-state index >= 15 is 0 Å². The Morgan fingerprint density at radius 3 is 2.72 bits per heavy atom. The van der Waals surface area contributed by atoms with Crippen LogP contribution in [0.5, 0.6) is 11.5 Å². The predicted molar refractivity (Wildman–Crippen MR) is 73.3 cm³/mol. The molecule has 1 N–H and O–H groups in total. The summed E-state index contributed by atoms with van der Waals surface area (Å²) >= 11 is 0. The third kappa shape index (κ3) is 3.73. The lowest BCUT2D eigenvalue weighted by molar-refractivity contribution is 0.153. The maximum atomic E-state index is 5.69. The smallest absolute Gasteiger partial charge is 0.231 e. The molecule has 5 heteroatoms. The Morgan fingerprint density at radius 1 is 1.28 bits per heavy atom. The Kier molecular flexibility index (Phi) is 3.94. The SMILES string of the molecule is CC(Cc1ccc2c(c1)OCO2)NO[Si](C)(C)C. The van der Waals surface area contributed by atoms with Crippen molar-refractivity contribution in [2.45, 2.75) is 39.0 Å². The van der Waals surface area contributed by atoms with Crippen molar-refractivity contribution in [2.24, 2.45) is 0 Å². The van der Waals surface area contributed by atoms with Gasteiger partial charge in [0.1, 0.15) is 0 Å². The van der Waals surface area contributed by atoms with Crippen molar-refractivity contribution in [1.29, 1.82) is 0 Å². The standard InChI is InChI=1S/C13H21NO3Si/c1-10(14-17-18(2,3)4)7-11-5-6-12-13(8-11)16-9-15-12/h5-6,8,10,14H,7,9H2,1-4H3. The Labute approximate surface area is 109 Å². The van der Waals surface area contributed by atoms with Crippen LogP contribution < -0.4 is 15.0 Å². The summed E-state index contributed by atoms with van der Waals surface area (Å²) in [5.74, 6) is 1.67. The van der Waals surface area contributed by atoms with Gasteiger partial charge in [0.05, 0.1) is 0 Å². The molecule has 0 fully saturated rings. The molecule has 1 heterocycles. The van der Waals surface area contributed by atoms with Crippen molar-refractivity contribution in [2.75, 3.05) is 6.79 Å². The highest BCUT2D eigenvalue weighted by molar-refractivity contribution is 6.69.